The summed E-state index contributed by atoms with van der Waals surface area (Å²) < 4.78 is 27.4. The van der Waals surface area contributed by atoms with E-state index in [9.17, 15) is 8.42 Å². The van der Waals surface area contributed by atoms with Crippen molar-refractivity contribution in [3.05, 3.63) is 36.4 Å². The van der Waals surface area contributed by atoms with Crippen LogP contribution >= 0.6 is 0 Å². The first-order valence-corrected chi connectivity index (χ1v) is 9.34. The summed E-state index contributed by atoms with van der Waals surface area (Å²) in [4.78, 5) is 2.32. The fourth-order valence-corrected chi connectivity index (χ4v) is 3.53. The summed E-state index contributed by atoms with van der Waals surface area (Å²) in [6, 6.07) is 11.2. The Morgan fingerprint density at radius 1 is 1.04 bits per heavy atom. The first-order valence-electron chi connectivity index (χ1n) is 7.86. The van der Waals surface area contributed by atoms with E-state index in [4.69, 9.17) is 0 Å². The Bertz CT molecular complexity index is 758. The molecule has 2 aromatic rings. The molecule has 0 aliphatic carbocycles. The van der Waals surface area contributed by atoms with E-state index in [0.717, 1.165) is 29.4 Å². The Balaban J connectivity index is 2.19. The van der Waals surface area contributed by atoms with Crippen LogP contribution in [0.5, 0.6) is 0 Å². The molecule has 23 heavy (non-hydrogen) atoms. The predicted molar refractivity (Wildman–Crippen MR) is 96.6 cm³/mol. The molecule has 0 amide bonds. The maximum Gasteiger partial charge on any atom is 0.240 e. The summed E-state index contributed by atoms with van der Waals surface area (Å²) in [6.45, 7) is 3.99. The van der Waals surface area contributed by atoms with Crippen molar-refractivity contribution >= 4 is 26.5 Å². The van der Waals surface area contributed by atoms with Gasteiger partial charge < -0.3 is 10.2 Å². The number of nitrogens with zero attached hydrogens (tertiary/aromatic N) is 1. The molecule has 0 heterocycles. The van der Waals surface area contributed by atoms with Gasteiger partial charge in [0, 0.05) is 38.3 Å². The second-order valence-electron chi connectivity index (χ2n) is 5.70. The molecule has 0 aliphatic rings. The monoisotopic (exact) mass is 335 g/mol. The van der Waals surface area contributed by atoms with Gasteiger partial charge in [-0.25, -0.2) is 13.1 Å². The second kappa shape index (κ2) is 7.77. The molecular weight excluding hydrogens is 310 g/mol. The summed E-state index contributed by atoms with van der Waals surface area (Å²) in [6.07, 6.45) is 1.03. The third-order valence-electron chi connectivity index (χ3n) is 3.64. The fraction of sp³-hybridized carbons (Fsp3) is 0.412. The van der Waals surface area contributed by atoms with Crippen LogP contribution in [0.25, 0.3) is 10.8 Å². The quantitative estimate of drug-likeness (QED) is 0.726. The van der Waals surface area contributed by atoms with E-state index in [1.807, 2.05) is 43.3 Å². The molecule has 0 radical (unpaired) electrons. The number of anilines is 1. The van der Waals surface area contributed by atoms with Gasteiger partial charge in [-0.15, -0.1) is 0 Å². The highest BCUT2D eigenvalue weighted by Gasteiger charge is 2.14. The maximum atomic E-state index is 12.4. The Morgan fingerprint density at radius 2 is 1.83 bits per heavy atom. The van der Waals surface area contributed by atoms with Crippen LogP contribution in [-0.4, -0.2) is 42.1 Å². The van der Waals surface area contributed by atoms with Gasteiger partial charge in [0.2, 0.25) is 10.0 Å². The van der Waals surface area contributed by atoms with E-state index >= 15 is 0 Å². The minimum atomic E-state index is -3.48. The molecule has 0 unspecified atom stereocenters. The van der Waals surface area contributed by atoms with Gasteiger partial charge in [0.05, 0.1) is 4.90 Å². The SMILES string of the molecule is CCCNCCNS(=O)(=O)c1ccc2c(N(C)C)cccc2c1. The molecule has 126 valence electrons. The molecule has 6 heteroatoms. The molecule has 5 nitrogen and oxygen atoms in total. The topological polar surface area (TPSA) is 61.4 Å². The maximum absolute atomic E-state index is 12.4. The lowest BCUT2D eigenvalue weighted by Gasteiger charge is -2.16. The first-order chi connectivity index (χ1) is 11.0. The second-order valence-corrected chi connectivity index (χ2v) is 7.47. The lowest BCUT2D eigenvalue weighted by Crippen LogP contribution is -2.32. The highest BCUT2D eigenvalue weighted by molar-refractivity contribution is 7.89. The predicted octanol–water partition coefficient (Wildman–Crippen LogP) is 2.18. The van der Waals surface area contributed by atoms with E-state index in [2.05, 4.69) is 17.0 Å². The number of rotatable bonds is 8. The molecule has 0 bridgehead atoms. The van der Waals surface area contributed by atoms with Gasteiger partial charge in [-0.05, 0) is 36.6 Å². The number of hydrogen-bond donors (Lipinski definition) is 2. The summed E-state index contributed by atoms with van der Waals surface area (Å²) in [5.41, 5.74) is 1.07. The summed E-state index contributed by atoms with van der Waals surface area (Å²) >= 11 is 0. The molecule has 0 saturated heterocycles. The molecule has 0 saturated carbocycles. The summed E-state index contributed by atoms with van der Waals surface area (Å²) in [5.74, 6) is 0. The molecule has 2 N–H and O–H groups in total. The van der Waals surface area contributed by atoms with Crippen LogP contribution in [0.2, 0.25) is 0 Å². The molecule has 0 aliphatic heterocycles. The number of nitrogens with one attached hydrogen (secondary N) is 2. The van der Waals surface area contributed by atoms with Crippen LogP contribution in [0.4, 0.5) is 5.69 Å². The van der Waals surface area contributed by atoms with E-state index in [-0.39, 0.29) is 0 Å². The van der Waals surface area contributed by atoms with Crippen molar-refractivity contribution in [3.63, 3.8) is 0 Å². The van der Waals surface area contributed by atoms with Crippen molar-refractivity contribution in [3.8, 4) is 0 Å². The van der Waals surface area contributed by atoms with Gasteiger partial charge in [-0.3, -0.25) is 0 Å². The third kappa shape index (κ3) is 4.43. The minimum absolute atomic E-state index is 0.302. The van der Waals surface area contributed by atoms with Gasteiger partial charge in [-0.1, -0.05) is 25.1 Å². The zero-order valence-corrected chi connectivity index (χ0v) is 14.8. The lowest BCUT2D eigenvalue weighted by molar-refractivity contribution is 0.575. The highest BCUT2D eigenvalue weighted by atomic mass is 32.2. The Labute approximate surface area is 138 Å². The van der Waals surface area contributed by atoms with E-state index < -0.39 is 10.0 Å². The molecule has 0 atom stereocenters. The molecule has 0 aromatic heterocycles. The van der Waals surface area contributed by atoms with E-state index in [0.29, 0.717) is 18.0 Å². The normalized spacial score (nSPS) is 11.8. The van der Waals surface area contributed by atoms with Crippen LogP contribution < -0.4 is 14.9 Å². The molecular formula is C17H25N3O2S. The van der Waals surface area contributed by atoms with Crippen molar-refractivity contribution < 1.29 is 8.42 Å². The first kappa shape index (κ1) is 17.7. The Kier molecular flexibility index (Phi) is 5.98. The summed E-state index contributed by atoms with van der Waals surface area (Å²) in [5, 5.41) is 5.14. The molecule has 0 spiro atoms. The van der Waals surface area contributed by atoms with Crippen molar-refractivity contribution in [2.45, 2.75) is 18.2 Å². The average molecular weight is 335 g/mol. The van der Waals surface area contributed by atoms with Crippen LogP contribution in [-0.2, 0) is 10.0 Å². The Hall–Kier alpha value is -1.63. The van der Waals surface area contributed by atoms with Gasteiger partial charge in [0.15, 0.2) is 0 Å². The number of fused-ring (bicyclic) bond motifs is 1. The zero-order valence-electron chi connectivity index (χ0n) is 14.0. The summed E-state index contributed by atoms with van der Waals surface area (Å²) in [7, 11) is 0.477. The zero-order chi connectivity index (χ0) is 16.9. The average Bonchev–Trinajstić information content (AvgIpc) is 2.53. The van der Waals surface area contributed by atoms with Crippen LogP contribution in [0.3, 0.4) is 0 Å². The molecule has 0 fully saturated rings. The Morgan fingerprint density at radius 3 is 2.52 bits per heavy atom. The highest BCUT2D eigenvalue weighted by Crippen LogP contribution is 2.27. The lowest BCUT2D eigenvalue weighted by atomic mass is 10.1. The van der Waals surface area contributed by atoms with Crippen molar-refractivity contribution in [2.24, 2.45) is 0 Å². The minimum Gasteiger partial charge on any atom is -0.377 e. The van der Waals surface area contributed by atoms with Crippen molar-refractivity contribution in [1.82, 2.24) is 10.0 Å². The van der Waals surface area contributed by atoms with Crippen LogP contribution in [0.15, 0.2) is 41.3 Å². The van der Waals surface area contributed by atoms with Crippen molar-refractivity contribution in [2.75, 3.05) is 38.6 Å². The van der Waals surface area contributed by atoms with Crippen molar-refractivity contribution in [1.29, 1.82) is 0 Å². The standard InChI is InChI=1S/C17H25N3O2S/c1-4-10-18-11-12-19-23(21,22)15-8-9-16-14(13-15)6-5-7-17(16)20(2)3/h5-9,13,18-19H,4,10-12H2,1-3H3. The number of sulfonamides is 1. The van der Waals surface area contributed by atoms with E-state index in [1.165, 1.54) is 0 Å². The molecule has 2 rings (SSSR count). The number of hydrogen-bond acceptors (Lipinski definition) is 4. The van der Waals surface area contributed by atoms with E-state index in [1.54, 1.807) is 12.1 Å². The van der Waals surface area contributed by atoms with Gasteiger partial charge in [-0.2, -0.15) is 0 Å². The third-order valence-corrected chi connectivity index (χ3v) is 5.10. The van der Waals surface area contributed by atoms with Gasteiger partial charge in [0.25, 0.3) is 0 Å². The largest absolute Gasteiger partial charge is 0.377 e. The smallest absolute Gasteiger partial charge is 0.240 e. The molecule has 2 aromatic carbocycles. The number of benzene rings is 2. The fourth-order valence-electron chi connectivity index (χ4n) is 2.46. The van der Waals surface area contributed by atoms with Crippen LogP contribution in [0, 0.1) is 0 Å². The van der Waals surface area contributed by atoms with Crippen LogP contribution in [0.1, 0.15) is 13.3 Å². The van der Waals surface area contributed by atoms with Gasteiger partial charge >= 0.3 is 0 Å². The van der Waals surface area contributed by atoms with Gasteiger partial charge in [0.1, 0.15) is 0 Å².